The molecule has 1 amide bonds. The minimum Gasteiger partial charge on any atom is -0.367 e. The predicted octanol–water partition coefficient (Wildman–Crippen LogP) is 3.07. The van der Waals surface area contributed by atoms with Crippen LogP contribution in [0.2, 0.25) is 0 Å². The van der Waals surface area contributed by atoms with Crippen LogP contribution in [0.4, 0.5) is 10.1 Å². The molecule has 0 spiro atoms. The van der Waals surface area contributed by atoms with Gasteiger partial charge in [-0.15, -0.1) is 0 Å². The van der Waals surface area contributed by atoms with E-state index in [1.807, 2.05) is 0 Å². The lowest BCUT2D eigenvalue weighted by Gasteiger charge is -2.35. The molecule has 0 aromatic heterocycles. The third-order valence-electron chi connectivity index (χ3n) is 4.04. The van der Waals surface area contributed by atoms with E-state index in [2.05, 4.69) is 23.6 Å². The van der Waals surface area contributed by atoms with Crippen LogP contribution in [-0.4, -0.2) is 18.5 Å². The van der Waals surface area contributed by atoms with E-state index in [4.69, 9.17) is 0 Å². The zero-order valence-electron chi connectivity index (χ0n) is 12.4. The lowest BCUT2D eigenvalue weighted by Crippen LogP contribution is -2.41. The first-order chi connectivity index (χ1) is 9.99. The predicted molar refractivity (Wildman–Crippen MR) is 79.4 cm³/mol. The van der Waals surface area contributed by atoms with Crippen molar-refractivity contribution in [3.8, 4) is 6.07 Å². The highest BCUT2D eigenvalue weighted by Gasteiger charge is 2.35. The minimum atomic E-state index is -0.640. The summed E-state index contributed by atoms with van der Waals surface area (Å²) >= 11 is 0. The molecule has 0 saturated heterocycles. The number of carbonyl (C=O) groups is 1. The molecular weight excluding hydrogens is 269 g/mol. The molecule has 0 bridgehead atoms. The monoisotopic (exact) mass is 289 g/mol. The van der Waals surface area contributed by atoms with Crippen LogP contribution in [-0.2, 0) is 0 Å². The summed E-state index contributed by atoms with van der Waals surface area (Å²) in [6.45, 7) is 2.13. The second-order valence-electron chi connectivity index (χ2n) is 5.79. The van der Waals surface area contributed by atoms with Crippen molar-refractivity contribution in [1.82, 2.24) is 5.32 Å². The van der Waals surface area contributed by atoms with E-state index in [-0.39, 0.29) is 5.56 Å². The van der Waals surface area contributed by atoms with Crippen LogP contribution in [0.15, 0.2) is 18.2 Å². The Morgan fingerprint density at radius 2 is 2.29 bits per heavy atom. The van der Waals surface area contributed by atoms with Crippen molar-refractivity contribution in [3.63, 3.8) is 0 Å². The highest BCUT2D eigenvalue weighted by molar-refractivity contribution is 5.94. The van der Waals surface area contributed by atoms with Crippen LogP contribution >= 0.6 is 0 Å². The maximum atomic E-state index is 14.0. The Hall–Kier alpha value is -2.09. The Morgan fingerprint density at radius 1 is 1.52 bits per heavy atom. The fourth-order valence-corrected chi connectivity index (χ4v) is 2.98. The van der Waals surface area contributed by atoms with Gasteiger partial charge in [-0.25, -0.2) is 4.39 Å². The Labute approximate surface area is 124 Å². The van der Waals surface area contributed by atoms with E-state index >= 15 is 0 Å². The summed E-state index contributed by atoms with van der Waals surface area (Å²) in [7, 11) is 1.46. The lowest BCUT2D eigenvalue weighted by molar-refractivity contribution is 0.0959. The molecule has 1 aliphatic rings. The van der Waals surface area contributed by atoms with Gasteiger partial charge < -0.3 is 10.6 Å². The second-order valence-corrected chi connectivity index (χ2v) is 5.79. The molecule has 1 saturated carbocycles. The standard InChI is InChI=1S/C16H20FN3O/c1-11-4-3-7-16(9-11,10-18)20-12-5-6-13(14(17)8-12)15(21)19-2/h5-6,8,11,20H,3-4,7,9H2,1-2H3,(H,19,21)/t11-,16-/m1/s1. The van der Waals surface area contributed by atoms with Crippen LogP contribution < -0.4 is 10.6 Å². The number of carbonyl (C=O) groups excluding carboxylic acids is 1. The smallest absolute Gasteiger partial charge is 0.253 e. The van der Waals surface area contributed by atoms with Gasteiger partial charge in [-0.05, 0) is 43.4 Å². The van der Waals surface area contributed by atoms with Gasteiger partial charge in [-0.1, -0.05) is 13.3 Å². The maximum absolute atomic E-state index is 14.0. The Bertz CT molecular complexity index is 581. The molecular formula is C16H20FN3O. The zero-order valence-corrected chi connectivity index (χ0v) is 12.4. The molecule has 21 heavy (non-hydrogen) atoms. The average Bonchev–Trinajstić information content (AvgIpc) is 2.46. The third-order valence-corrected chi connectivity index (χ3v) is 4.04. The highest BCUT2D eigenvalue weighted by atomic mass is 19.1. The number of rotatable bonds is 3. The number of nitriles is 1. The van der Waals surface area contributed by atoms with Gasteiger partial charge in [0.15, 0.2) is 0 Å². The lowest BCUT2D eigenvalue weighted by atomic mass is 9.77. The number of hydrogen-bond acceptors (Lipinski definition) is 3. The van der Waals surface area contributed by atoms with Crippen molar-refractivity contribution >= 4 is 11.6 Å². The summed E-state index contributed by atoms with van der Waals surface area (Å²) in [6, 6.07) is 6.72. The van der Waals surface area contributed by atoms with Crippen LogP contribution in [0, 0.1) is 23.1 Å². The SMILES string of the molecule is CNC(=O)c1ccc(N[C@]2(C#N)CCC[C@@H](C)C2)cc1F. The number of nitrogens with zero attached hydrogens (tertiary/aromatic N) is 1. The van der Waals surface area contributed by atoms with Crippen LogP contribution in [0.1, 0.15) is 43.0 Å². The highest BCUT2D eigenvalue weighted by Crippen LogP contribution is 2.34. The Morgan fingerprint density at radius 3 is 2.86 bits per heavy atom. The molecule has 1 fully saturated rings. The molecule has 1 aromatic rings. The van der Waals surface area contributed by atoms with E-state index < -0.39 is 17.3 Å². The van der Waals surface area contributed by atoms with Crippen molar-refractivity contribution in [2.75, 3.05) is 12.4 Å². The second kappa shape index (κ2) is 6.13. The Kier molecular flexibility index (Phi) is 4.46. The Balaban J connectivity index is 2.21. The van der Waals surface area contributed by atoms with Crippen molar-refractivity contribution in [1.29, 1.82) is 5.26 Å². The van der Waals surface area contributed by atoms with E-state index in [9.17, 15) is 14.4 Å². The van der Waals surface area contributed by atoms with Gasteiger partial charge in [0.05, 0.1) is 11.6 Å². The molecule has 2 rings (SSSR count). The van der Waals surface area contributed by atoms with Gasteiger partial charge in [0.1, 0.15) is 11.4 Å². The van der Waals surface area contributed by atoms with Crippen LogP contribution in [0.5, 0.6) is 0 Å². The number of nitrogens with one attached hydrogen (secondary N) is 2. The molecule has 1 aromatic carbocycles. The number of amides is 1. The molecule has 2 N–H and O–H groups in total. The number of hydrogen-bond donors (Lipinski definition) is 2. The van der Waals surface area contributed by atoms with Crippen LogP contribution in [0.3, 0.4) is 0 Å². The number of anilines is 1. The number of benzene rings is 1. The van der Waals surface area contributed by atoms with Gasteiger partial charge in [-0.3, -0.25) is 4.79 Å². The molecule has 4 nitrogen and oxygen atoms in total. The molecule has 2 atom stereocenters. The van der Waals surface area contributed by atoms with E-state index in [0.717, 1.165) is 25.7 Å². The van der Waals surface area contributed by atoms with E-state index in [1.54, 1.807) is 6.07 Å². The van der Waals surface area contributed by atoms with Gasteiger partial charge in [0.2, 0.25) is 0 Å². The molecule has 0 radical (unpaired) electrons. The fraction of sp³-hybridized carbons (Fsp3) is 0.500. The molecule has 0 aliphatic heterocycles. The van der Waals surface area contributed by atoms with Crippen molar-refractivity contribution in [2.45, 2.75) is 38.1 Å². The third kappa shape index (κ3) is 3.33. The zero-order chi connectivity index (χ0) is 15.5. The summed E-state index contributed by atoms with van der Waals surface area (Å²) in [4.78, 5) is 11.5. The largest absolute Gasteiger partial charge is 0.367 e. The molecule has 0 heterocycles. The summed E-state index contributed by atoms with van der Waals surface area (Å²) in [5.74, 6) is -0.572. The topological polar surface area (TPSA) is 64.9 Å². The van der Waals surface area contributed by atoms with Gasteiger partial charge in [-0.2, -0.15) is 5.26 Å². The molecule has 0 unspecified atom stereocenters. The summed E-state index contributed by atoms with van der Waals surface area (Å²) in [5, 5.41) is 15.1. The van der Waals surface area contributed by atoms with Gasteiger partial charge in [0.25, 0.3) is 5.91 Å². The maximum Gasteiger partial charge on any atom is 0.253 e. The average molecular weight is 289 g/mol. The van der Waals surface area contributed by atoms with Crippen molar-refractivity contribution < 1.29 is 9.18 Å². The van der Waals surface area contributed by atoms with Gasteiger partial charge in [0, 0.05) is 12.7 Å². The fourth-order valence-electron chi connectivity index (χ4n) is 2.98. The summed E-state index contributed by atoms with van der Waals surface area (Å²) < 4.78 is 14.0. The molecule has 1 aliphatic carbocycles. The van der Waals surface area contributed by atoms with Crippen molar-refractivity contribution in [2.24, 2.45) is 5.92 Å². The van der Waals surface area contributed by atoms with E-state index in [0.29, 0.717) is 11.6 Å². The normalized spacial score (nSPS) is 25.0. The first kappa shape index (κ1) is 15.3. The number of halogens is 1. The van der Waals surface area contributed by atoms with Gasteiger partial charge >= 0.3 is 0 Å². The molecule has 5 heteroatoms. The molecule has 112 valence electrons. The first-order valence-corrected chi connectivity index (χ1v) is 7.21. The van der Waals surface area contributed by atoms with Crippen molar-refractivity contribution in [3.05, 3.63) is 29.6 Å². The summed E-state index contributed by atoms with van der Waals surface area (Å²) in [6.07, 6.45) is 3.62. The quantitative estimate of drug-likeness (QED) is 0.898. The van der Waals surface area contributed by atoms with Crippen LogP contribution in [0.25, 0.3) is 0 Å². The minimum absolute atomic E-state index is 0.00562. The first-order valence-electron chi connectivity index (χ1n) is 7.21. The van der Waals surface area contributed by atoms with E-state index in [1.165, 1.54) is 19.2 Å². The summed E-state index contributed by atoms with van der Waals surface area (Å²) in [5.41, 5.74) is -0.0968.